The largest absolute Gasteiger partial charge is 0.331 e. The molecule has 2 aromatic carbocycles. The minimum absolute atomic E-state index is 0.0774. The van der Waals surface area contributed by atoms with Gasteiger partial charge in [-0.1, -0.05) is 36.4 Å². The summed E-state index contributed by atoms with van der Waals surface area (Å²) in [5.74, 6) is -1.42. The molecule has 154 valence electrons. The standard InChI is InChI=1S/C23H17FN4O3/c24-18-8-5-16-12-28(20(29)19(16)10-18)13-23(21(30)26-22(31)27-23)17-6-3-14(4-7-17)15-2-1-9-25-11-15/h1-11H,12-13H2,(H2,26,27,30,31). The predicted molar refractivity (Wildman–Crippen MR) is 109 cm³/mol. The molecule has 0 radical (unpaired) electrons. The molecule has 1 aromatic heterocycles. The number of amides is 4. The molecule has 2 N–H and O–H groups in total. The lowest BCUT2D eigenvalue weighted by Crippen LogP contribution is -2.52. The van der Waals surface area contributed by atoms with E-state index in [9.17, 15) is 18.8 Å². The molecule has 8 heteroatoms. The number of imide groups is 1. The Hall–Kier alpha value is -4.07. The van der Waals surface area contributed by atoms with E-state index >= 15 is 0 Å². The number of halogens is 1. The molecule has 0 spiro atoms. The molecule has 5 rings (SSSR count). The highest BCUT2D eigenvalue weighted by molar-refractivity contribution is 6.08. The van der Waals surface area contributed by atoms with Gasteiger partial charge in [0, 0.05) is 24.5 Å². The highest BCUT2D eigenvalue weighted by Crippen LogP contribution is 2.32. The summed E-state index contributed by atoms with van der Waals surface area (Å²) in [5, 5.41) is 4.97. The number of nitrogens with zero attached hydrogens (tertiary/aromatic N) is 2. The Morgan fingerprint density at radius 3 is 2.52 bits per heavy atom. The van der Waals surface area contributed by atoms with Crippen LogP contribution in [-0.2, 0) is 16.9 Å². The third-order valence-corrected chi connectivity index (χ3v) is 5.69. The highest BCUT2D eigenvalue weighted by atomic mass is 19.1. The Bertz CT molecular complexity index is 1210. The van der Waals surface area contributed by atoms with Gasteiger partial charge in [-0.25, -0.2) is 9.18 Å². The Balaban J connectivity index is 1.49. The zero-order valence-corrected chi connectivity index (χ0v) is 16.3. The smallest absolute Gasteiger partial charge is 0.322 e. The molecular weight excluding hydrogens is 399 g/mol. The van der Waals surface area contributed by atoms with Gasteiger partial charge in [0.2, 0.25) is 0 Å². The molecule has 0 aliphatic carbocycles. The minimum Gasteiger partial charge on any atom is -0.331 e. The lowest BCUT2D eigenvalue weighted by molar-refractivity contribution is -0.124. The Morgan fingerprint density at radius 1 is 1.03 bits per heavy atom. The summed E-state index contributed by atoms with van der Waals surface area (Å²) in [6.07, 6.45) is 3.41. The van der Waals surface area contributed by atoms with E-state index in [4.69, 9.17) is 0 Å². The topological polar surface area (TPSA) is 91.4 Å². The summed E-state index contributed by atoms with van der Waals surface area (Å²) in [6, 6.07) is 14.3. The van der Waals surface area contributed by atoms with Gasteiger partial charge in [-0.3, -0.25) is 19.9 Å². The zero-order chi connectivity index (χ0) is 21.6. The lowest BCUT2D eigenvalue weighted by atomic mass is 9.88. The number of urea groups is 1. The average molecular weight is 416 g/mol. The molecule has 2 aliphatic heterocycles. The average Bonchev–Trinajstić information content (AvgIpc) is 3.24. The number of nitrogens with one attached hydrogen (secondary N) is 2. The first-order valence-corrected chi connectivity index (χ1v) is 9.68. The summed E-state index contributed by atoms with van der Waals surface area (Å²) >= 11 is 0. The molecule has 0 bridgehead atoms. The van der Waals surface area contributed by atoms with E-state index in [2.05, 4.69) is 15.6 Å². The molecular formula is C23H17FN4O3. The zero-order valence-electron chi connectivity index (χ0n) is 16.3. The number of pyridine rings is 1. The molecule has 1 fully saturated rings. The maximum Gasteiger partial charge on any atom is 0.322 e. The maximum atomic E-state index is 13.6. The fraction of sp³-hybridized carbons (Fsp3) is 0.130. The van der Waals surface area contributed by atoms with Crippen LogP contribution in [0.1, 0.15) is 21.5 Å². The van der Waals surface area contributed by atoms with Crippen LogP contribution in [0.4, 0.5) is 9.18 Å². The van der Waals surface area contributed by atoms with Crippen molar-refractivity contribution in [1.29, 1.82) is 0 Å². The summed E-state index contributed by atoms with van der Waals surface area (Å²) < 4.78 is 13.6. The number of carbonyl (C=O) groups is 3. The molecule has 1 saturated heterocycles. The van der Waals surface area contributed by atoms with Crippen LogP contribution < -0.4 is 10.6 Å². The van der Waals surface area contributed by atoms with Gasteiger partial charge >= 0.3 is 6.03 Å². The first-order chi connectivity index (χ1) is 15.0. The Kier molecular flexibility index (Phi) is 4.28. The van der Waals surface area contributed by atoms with Crippen LogP contribution >= 0.6 is 0 Å². The van der Waals surface area contributed by atoms with Crippen molar-refractivity contribution in [1.82, 2.24) is 20.5 Å². The van der Waals surface area contributed by atoms with Crippen LogP contribution in [-0.4, -0.2) is 34.3 Å². The second-order valence-corrected chi connectivity index (χ2v) is 7.60. The first kappa shape index (κ1) is 18.9. The van der Waals surface area contributed by atoms with Crippen molar-refractivity contribution in [2.24, 2.45) is 0 Å². The van der Waals surface area contributed by atoms with Crippen molar-refractivity contribution in [3.05, 3.63) is 89.5 Å². The summed E-state index contributed by atoms with van der Waals surface area (Å²) in [7, 11) is 0. The summed E-state index contributed by atoms with van der Waals surface area (Å²) in [4.78, 5) is 43.3. The number of hydrogen-bond acceptors (Lipinski definition) is 4. The molecule has 2 aliphatic rings. The molecule has 1 unspecified atom stereocenters. The van der Waals surface area contributed by atoms with Crippen molar-refractivity contribution in [2.75, 3.05) is 6.54 Å². The number of aromatic nitrogens is 1. The maximum absolute atomic E-state index is 13.6. The van der Waals surface area contributed by atoms with Gasteiger partial charge in [0.1, 0.15) is 5.82 Å². The van der Waals surface area contributed by atoms with E-state index < -0.39 is 23.3 Å². The molecule has 0 saturated carbocycles. The van der Waals surface area contributed by atoms with Crippen LogP contribution in [0, 0.1) is 5.82 Å². The summed E-state index contributed by atoms with van der Waals surface area (Å²) in [6.45, 7) is 0.152. The molecule has 1 atom stereocenters. The van der Waals surface area contributed by atoms with Crippen molar-refractivity contribution in [2.45, 2.75) is 12.1 Å². The van der Waals surface area contributed by atoms with Crippen LogP contribution in [0.15, 0.2) is 67.0 Å². The van der Waals surface area contributed by atoms with E-state index in [1.54, 1.807) is 30.6 Å². The normalized spacial score (nSPS) is 19.9. The molecule has 3 aromatic rings. The van der Waals surface area contributed by atoms with E-state index in [0.717, 1.165) is 11.1 Å². The predicted octanol–water partition coefficient (Wildman–Crippen LogP) is 2.58. The van der Waals surface area contributed by atoms with Crippen LogP contribution in [0.2, 0.25) is 0 Å². The van der Waals surface area contributed by atoms with Crippen LogP contribution in [0.5, 0.6) is 0 Å². The number of rotatable bonds is 4. The third kappa shape index (κ3) is 3.13. The van der Waals surface area contributed by atoms with Crippen LogP contribution in [0.3, 0.4) is 0 Å². The van der Waals surface area contributed by atoms with Gasteiger partial charge in [0.15, 0.2) is 5.54 Å². The van der Waals surface area contributed by atoms with Crippen LogP contribution in [0.25, 0.3) is 11.1 Å². The fourth-order valence-electron chi connectivity index (χ4n) is 4.13. The van der Waals surface area contributed by atoms with E-state index in [-0.39, 0.29) is 24.6 Å². The first-order valence-electron chi connectivity index (χ1n) is 9.68. The van der Waals surface area contributed by atoms with Gasteiger partial charge in [-0.15, -0.1) is 0 Å². The van der Waals surface area contributed by atoms with Crippen molar-refractivity contribution in [3.63, 3.8) is 0 Å². The molecule has 31 heavy (non-hydrogen) atoms. The second kappa shape index (κ2) is 7.02. The molecule has 3 heterocycles. The quantitative estimate of drug-likeness (QED) is 0.640. The Labute approximate surface area is 176 Å². The van der Waals surface area contributed by atoms with Crippen molar-refractivity contribution < 1.29 is 18.8 Å². The third-order valence-electron chi connectivity index (χ3n) is 5.69. The Morgan fingerprint density at radius 2 is 1.84 bits per heavy atom. The van der Waals surface area contributed by atoms with E-state index in [1.807, 2.05) is 24.3 Å². The van der Waals surface area contributed by atoms with Gasteiger partial charge in [-0.05, 0) is 40.5 Å². The van der Waals surface area contributed by atoms with Crippen molar-refractivity contribution >= 4 is 17.8 Å². The number of fused-ring (bicyclic) bond motifs is 1. The molecule has 7 nitrogen and oxygen atoms in total. The SMILES string of the molecule is O=C1NC(=O)C(CN2Cc3ccc(F)cc3C2=O)(c2ccc(-c3cccnc3)cc2)N1. The van der Waals surface area contributed by atoms with Gasteiger partial charge < -0.3 is 10.2 Å². The summed E-state index contributed by atoms with van der Waals surface area (Å²) in [5.41, 5.74) is 1.86. The van der Waals surface area contributed by atoms with Crippen molar-refractivity contribution in [3.8, 4) is 11.1 Å². The fourth-order valence-corrected chi connectivity index (χ4v) is 4.13. The minimum atomic E-state index is -1.44. The van der Waals surface area contributed by atoms with E-state index in [1.165, 1.54) is 17.0 Å². The van der Waals surface area contributed by atoms with Gasteiger partial charge in [0.05, 0.1) is 6.54 Å². The number of hydrogen-bond donors (Lipinski definition) is 2. The monoisotopic (exact) mass is 416 g/mol. The highest BCUT2D eigenvalue weighted by Gasteiger charge is 2.50. The van der Waals surface area contributed by atoms with Gasteiger partial charge in [0.25, 0.3) is 11.8 Å². The molecule has 4 amide bonds. The lowest BCUT2D eigenvalue weighted by Gasteiger charge is -2.31. The second-order valence-electron chi connectivity index (χ2n) is 7.60. The van der Waals surface area contributed by atoms with E-state index in [0.29, 0.717) is 11.1 Å². The van der Waals surface area contributed by atoms with Gasteiger partial charge in [-0.2, -0.15) is 0 Å². The number of benzene rings is 2. The number of carbonyl (C=O) groups excluding carboxylic acids is 3.